The monoisotopic (exact) mass is 289 g/mol. The molecule has 0 aliphatic heterocycles. The molecule has 1 N–H and O–H groups in total. The first-order valence-electron chi connectivity index (χ1n) is 7.61. The van der Waals surface area contributed by atoms with Gasteiger partial charge in [-0.15, -0.1) is 0 Å². The van der Waals surface area contributed by atoms with E-state index in [0.717, 1.165) is 29.9 Å². The van der Waals surface area contributed by atoms with Crippen LogP contribution in [0.4, 0.5) is 4.39 Å². The van der Waals surface area contributed by atoms with Crippen molar-refractivity contribution in [2.75, 3.05) is 6.54 Å². The van der Waals surface area contributed by atoms with Crippen LogP contribution in [0.3, 0.4) is 0 Å². The van der Waals surface area contributed by atoms with Crippen molar-refractivity contribution in [2.45, 2.75) is 46.1 Å². The molecule has 2 aromatic rings. The lowest BCUT2D eigenvalue weighted by Gasteiger charge is -2.18. The van der Waals surface area contributed by atoms with E-state index in [9.17, 15) is 4.39 Å². The largest absolute Gasteiger partial charge is 0.310 e. The fourth-order valence-electron chi connectivity index (χ4n) is 2.33. The van der Waals surface area contributed by atoms with Crippen molar-refractivity contribution in [1.82, 2.24) is 15.1 Å². The summed E-state index contributed by atoms with van der Waals surface area (Å²) >= 11 is 0. The number of aromatic nitrogens is 2. The van der Waals surface area contributed by atoms with Crippen molar-refractivity contribution in [1.29, 1.82) is 0 Å². The van der Waals surface area contributed by atoms with Gasteiger partial charge < -0.3 is 5.32 Å². The molecule has 0 amide bonds. The molecule has 0 bridgehead atoms. The van der Waals surface area contributed by atoms with Crippen LogP contribution in [0.2, 0.25) is 0 Å². The number of halogens is 1. The summed E-state index contributed by atoms with van der Waals surface area (Å²) in [7, 11) is 0. The molecule has 3 nitrogen and oxygen atoms in total. The Morgan fingerprint density at radius 2 is 2.00 bits per heavy atom. The Hall–Kier alpha value is -1.68. The van der Waals surface area contributed by atoms with E-state index in [1.165, 1.54) is 6.07 Å². The van der Waals surface area contributed by atoms with Crippen molar-refractivity contribution in [3.8, 4) is 5.69 Å². The first-order valence-corrected chi connectivity index (χ1v) is 7.61. The average Bonchev–Trinajstić information content (AvgIpc) is 2.94. The SMILES string of the molecule is CCCNC(C)c1cc(F)ccc1-n1ccc(C(C)C)n1. The average molecular weight is 289 g/mol. The molecule has 0 saturated heterocycles. The summed E-state index contributed by atoms with van der Waals surface area (Å²) in [5.41, 5.74) is 2.90. The van der Waals surface area contributed by atoms with Crippen LogP contribution in [-0.4, -0.2) is 16.3 Å². The fourth-order valence-corrected chi connectivity index (χ4v) is 2.33. The standard InChI is InChI=1S/C17H24FN3/c1-5-9-19-13(4)15-11-14(18)6-7-17(15)21-10-8-16(20-21)12(2)3/h6-8,10-13,19H,5,9H2,1-4H3. The highest BCUT2D eigenvalue weighted by atomic mass is 19.1. The maximum Gasteiger partial charge on any atom is 0.123 e. The second kappa shape index (κ2) is 6.85. The van der Waals surface area contributed by atoms with Crippen molar-refractivity contribution in [2.24, 2.45) is 0 Å². The Bertz CT molecular complexity index is 589. The van der Waals surface area contributed by atoms with Crippen LogP contribution in [0.25, 0.3) is 5.69 Å². The van der Waals surface area contributed by atoms with Gasteiger partial charge in [0.1, 0.15) is 5.82 Å². The van der Waals surface area contributed by atoms with Gasteiger partial charge >= 0.3 is 0 Å². The van der Waals surface area contributed by atoms with E-state index in [4.69, 9.17) is 0 Å². The summed E-state index contributed by atoms with van der Waals surface area (Å²) < 4.78 is 15.5. The molecule has 114 valence electrons. The maximum absolute atomic E-state index is 13.6. The summed E-state index contributed by atoms with van der Waals surface area (Å²) in [6.07, 6.45) is 2.99. The fraction of sp³-hybridized carbons (Fsp3) is 0.471. The molecule has 1 atom stereocenters. The van der Waals surface area contributed by atoms with Gasteiger partial charge in [-0.05, 0) is 55.6 Å². The number of hydrogen-bond donors (Lipinski definition) is 1. The quantitative estimate of drug-likeness (QED) is 0.864. The highest BCUT2D eigenvalue weighted by Crippen LogP contribution is 2.23. The van der Waals surface area contributed by atoms with E-state index in [1.54, 1.807) is 12.1 Å². The zero-order valence-corrected chi connectivity index (χ0v) is 13.2. The van der Waals surface area contributed by atoms with Crippen molar-refractivity contribution >= 4 is 0 Å². The smallest absolute Gasteiger partial charge is 0.123 e. The number of hydrogen-bond acceptors (Lipinski definition) is 2. The van der Waals surface area contributed by atoms with Gasteiger partial charge in [0.15, 0.2) is 0 Å². The van der Waals surface area contributed by atoms with E-state index in [1.807, 2.05) is 16.9 Å². The third-order valence-electron chi connectivity index (χ3n) is 3.60. The number of benzene rings is 1. The Kier molecular flexibility index (Phi) is 5.12. The Labute approximate surface area is 126 Å². The van der Waals surface area contributed by atoms with Gasteiger partial charge in [0.05, 0.1) is 11.4 Å². The van der Waals surface area contributed by atoms with Crippen LogP contribution in [-0.2, 0) is 0 Å². The van der Waals surface area contributed by atoms with Crippen molar-refractivity contribution < 1.29 is 4.39 Å². The molecule has 1 aromatic carbocycles. The summed E-state index contributed by atoms with van der Waals surface area (Å²) in [5, 5.41) is 8.01. The van der Waals surface area contributed by atoms with Crippen LogP contribution >= 0.6 is 0 Å². The molecular formula is C17H24FN3. The van der Waals surface area contributed by atoms with Crippen LogP contribution in [0.5, 0.6) is 0 Å². The first-order chi connectivity index (χ1) is 10.0. The minimum atomic E-state index is -0.213. The molecule has 0 aliphatic rings. The van der Waals surface area contributed by atoms with Gasteiger partial charge in [-0.2, -0.15) is 5.10 Å². The van der Waals surface area contributed by atoms with Gasteiger partial charge in [0, 0.05) is 12.2 Å². The molecular weight excluding hydrogens is 265 g/mol. The van der Waals surface area contributed by atoms with Gasteiger partial charge in [0.2, 0.25) is 0 Å². The van der Waals surface area contributed by atoms with Gasteiger partial charge in [-0.25, -0.2) is 9.07 Å². The molecule has 0 aliphatic carbocycles. The van der Waals surface area contributed by atoms with Crippen LogP contribution in [0, 0.1) is 5.82 Å². The lowest BCUT2D eigenvalue weighted by atomic mass is 10.1. The predicted octanol–water partition coefficient (Wildman–Crippen LogP) is 4.20. The lowest BCUT2D eigenvalue weighted by molar-refractivity contribution is 0.558. The molecule has 1 unspecified atom stereocenters. The molecule has 0 radical (unpaired) electrons. The van der Waals surface area contributed by atoms with Crippen LogP contribution in [0.15, 0.2) is 30.5 Å². The molecule has 4 heteroatoms. The molecule has 0 fully saturated rings. The zero-order valence-electron chi connectivity index (χ0n) is 13.2. The molecule has 0 saturated carbocycles. The minimum absolute atomic E-state index is 0.0855. The van der Waals surface area contributed by atoms with Gasteiger partial charge in [0.25, 0.3) is 0 Å². The van der Waals surface area contributed by atoms with E-state index >= 15 is 0 Å². The van der Waals surface area contributed by atoms with Gasteiger partial charge in [-0.1, -0.05) is 20.8 Å². The van der Waals surface area contributed by atoms with Crippen LogP contribution < -0.4 is 5.32 Å². The summed E-state index contributed by atoms with van der Waals surface area (Å²) in [5.74, 6) is 0.168. The first kappa shape index (κ1) is 15.7. The maximum atomic E-state index is 13.6. The molecule has 0 spiro atoms. The highest BCUT2D eigenvalue weighted by Gasteiger charge is 2.14. The lowest BCUT2D eigenvalue weighted by Crippen LogP contribution is -2.21. The zero-order chi connectivity index (χ0) is 15.4. The third-order valence-corrected chi connectivity index (χ3v) is 3.60. The normalized spacial score (nSPS) is 12.9. The Balaban J connectivity index is 2.37. The second-order valence-electron chi connectivity index (χ2n) is 5.72. The Morgan fingerprint density at radius 3 is 2.62 bits per heavy atom. The number of nitrogens with zero attached hydrogens (tertiary/aromatic N) is 2. The topological polar surface area (TPSA) is 29.9 Å². The highest BCUT2D eigenvalue weighted by molar-refractivity contribution is 5.43. The molecule has 1 aromatic heterocycles. The number of rotatable bonds is 6. The van der Waals surface area contributed by atoms with E-state index < -0.39 is 0 Å². The van der Waals surface area contributed by atoms with E-state index in [0.29, 0.717) is 5.92 Å². The van der Waals surface area contributed by atoms with Crippen molar-refractivity contribution in [3.63, 3.8) is 0 Å². The van der Waals surface area contributed by atoms with E-state index in [-0.39, 0.29) is 11.9 Å². The summed E-state index contributed by atoms with van der Waals surface area (Å²) in [6.45, 7) is 9.32. The van der Waals surface area contributed by atoms with Gasteiger partial charge in [-0.3, -0.25) is 0 Å². The number of nitrogens with one attached hydrogen (secondary N) is 1. The molecule has 21 heavy (non-hydrogen) atoms. The summed E-state index contributed by atoms with van der Waals surface area (Å²) in [4.78, 5) is 0. The second-order valence-corrected chi connectivity index (χ2v) is 5.72. The van der Waals surface area contributed by atoms with E-state index in [2.05, 4.69) is 38.1 Å². The third kappa shape index (κ3) is 3.70. The van der Waals surface area contributed by atoms with Crippen molar-refractivity contribution in [3.05, 3.63) is 47.5 Å². The Morgan fingerprint density at radius 1 is 1.24 bits per heavy atom. The summed E-state index contributed by atoms with van der Waals surface area (Å²) in [6, 6.07) is 6.98. The van der Waals surface area contributed by atoms with Crippen LogP contribution in [0.1, 0.15) is 57.3 Å². The predicted molar refractivity (Wildman–Crippen MR) is 84.3 cm³/mol. The molecule has 1 heterocycles. The minimum Gasteiger partial charge on any atom is -0.310 e. The molecule has 2 rings (SSSR count).